The summed E-state index contributed by atoms with van der Waals surface area (Å²) in [6.07, 6.45) is 5.36. The van der Waals surface area contributed by atoms with E-state index in [9.17, 15) is 4.79 Å². The van der Waals surface area contributed by atoms with E-state index < -0.39 is 5.60 Å². The molecule has 0 spiro atoms. The van der Waals surface area contributed by atoms with Crippen LogP contribution in [0.1, 0.15) is 20.8 Å². The van der Waals surface area contributed by atoms with Gasteiger partial charge in [-0.05, 0) is 32.9 Å². The number of aromatic nitrogens is 2. The molecule has 2 heterocycles. The fraction of sp³-hybridized carbons (Fsp3) is 0.385. The first-order valence-electron chi connectivity index (χ1n) is 5.56. The van der Waals surface area contributed by atoms with E-state index in [0.29, 0.717) is 0 Å². The van der Waals surface area contributed by atoms with Gasteiger partial charge in [0.2, 0.25) is 0 Å². The smallest absolute Gasteiger partial charge is 0.326 e. The van der Waals surface area contributed by atoms with Gasteiger partial charge in [0.1, 0.15) is 12.1 Å². The van der Waals surface area contributed by atoms with Crippen molar-refractivity contribution < 1.29 is 9.53 Å². The molecule has 0 aliphatic rings. The average molecular weight is 232 g/mol. The third-order valence-corrected chi connectivity index (χ3v) is 2.30. The largest absolute Gasteiger partial charge is 0.459 e. The molecule has 0 radical (unpaired) electrons. The highest BCUT2D eigenvalue weighted by molar-refractivity contribution is 5.81. The number of carbonyl (C=O) groups is 1. The van der Waals surface area contributed by atoms with Crippen LogP contribution in [0.4, 0.5) is 0 Å². The van der Waals surface area contributed by atoms with Crippen LogP contribution in [0.25, 0.3) is 10.9 Å². The monoisotopic (exact) mass is 232 g/mol. The lowest BCUT2D eigenvalue weighted by Gasteiger charge is -2.19. The van der Waals surface area contributed by atoms with Crippen molar-refractivity contribution in [3.63, 3.8) is 0 Å². The van der Waals surface area contributed by atoms with Crippen molar-refractivity contribution in [2.24, 2.45) is 0 Å². The molecule has 0 amide bonds. The zero-order valence-electron chi connectivity index (χ0n) is 10.3. The first-order chi connectivity index (χ1) is 7.96. The molecule has 0 unspecified atom stereocenters. The van der Waals surface area contributed by atoms with E-state index in [-0.39, 0.29) is 12.5 Å². The molecule has 2 aromatic rings. The first kappa shape index (κ1) is 11.6. The number of fused-ring (bicyclic) bond motifs is 1. The second kappa shape index (κ2) is 4.20. The van der Waals surface area contributed by atoms with E-state index in [2.05, 4.69) is 4.98 Å². The third kappa shape index (κ3) is 2.84. The fourth-order valence-corrected chi connectivity index (χ4v) is 1.68. The molecule has 4 nitrogen and oxygen atoms in total. The average Bonchev–Trinajstić information content (AvgIpc) is 2.59. The molecule has 2 rings (SSSR count). The van der Waals surface area contributed by atoms with E-state index in [1.165, 1.54) is 0 Å². The molecule has 0 atom stereocenters. The first-order valence-corrected chi connectivity index (χ1v) is 5.56. The predicted molar refractivity (Wildman–Crippen MR) is 65.6 cm³/mol. The van der Waals surface area contributed by atoms with Crippen molar-refractivity contribution in [1.29, 1.82) is 0 Å². The summed E-state index contributed by atoms with van der Waals surface area (Å²) in [6, 6.07) is 3.88. The van der Waals surface area contributed by atoms with Crippen LogP contribution in [-0.2, 0) is 16.1 Å². The Morgan fingerprint density at radius 1 is 1.41 bits per heavy atom. The molecule has 0 fully saturated rings. The number of esters is 1. The molecular weight excluding hydrogens is 216 g/mol. The summed E-state index contributed by atoms with van der Waals surface area (Å²) < 4.78 is 7.12. The predicted octanol–water partition coefficient (Wildman–Crippen LogP) is 2.38. The van der Waals surface area contributed by atoms with Crippen molar-refractivity contribution in [3.8, 4) is 0 Å². The zero-order valence-corrected chi connectivity index (χ0v) is 10.3. The van der Waals surface area contributed by atoms with Gasteiger partial charge in [0.05, 0.1) is 11.7 Å². The van der Waals surface area contributed by atoms with Gasteiger partial charge in [0, 0.05) is 17.8 Å². The molecule has 0 N–H and O–H groups in total. The zero-order chi connectivity index (χ0) is 12.5. The van der Waals surface area contributed by atoms with Crippen LogP contribution in [0.2, 0.25) is 0 Å². The maximum absolute atomic E-state index is 11.7. The maximum atomic E-state index is 11.7. The number of rotatable bonds is 2. The van der Waals surface area contributed by atoms with Crippen molar-refractivity contribution in [3.05, 3.63) is 30.7 Å². The highest BCUT2D eigenvalue weighted by atomic mass is 16.6. The van der Waals surface area contributed by atoms with Gasteiger partial charge in [-0.1, -0.05) is 0 Å². The Hall–Kier alpha value is -1.84. The van der Waals surface area contributed by atoms with E-state index in [0.717, 1.165) is 10.9 Å². The number of hydrogen-bond acceptors (Lipinski definition) is 3. The minimum atomic E-state index is -0.446. The highest BCUT2D eigenvalue weighted by Crippen LogP contribution is 2.14. The summed E-state index contributed by atoms with van der Waals surface area (Å²) in [4.78, 5) is 15.8. The van der Waals surface area contributed by atoms with Gasteiger partial charge >= 0.3 is 5.97 Å². The number of pyridine rings is 1. The van der Waals surface area contributed by atoms with Crippen LogP contribution < -0.4 is 0 Å². The SMILES string of the molecule is CC(C)(C)OC(=O)Cn1ccc2ccncc21. The molecule has 0 saturated heterocycles. The normalized spacial score (nSPS) is 11.7. The molecule has 17 heavy (non-hydrogen) atoms. The Morgan fingerprint density at radius 2 is 2.18 bits per heavy atom. The minimum absolute atomic E-state index is 0.215. The second-order valence-electron chi connectivity index (χ2n) is 4.96. The molecule has 0 saturated carbocycles. The molecule has 2 aromatic heterocycles. The summed E-state index contributed by atoms with van der Waals surface area (Å²) in [7, 11) is 0. The van der Waals surface area contributed by atoms with Gasteiger partial charge in [0.15, 0.2) is 0 Å². The summed E-state index contributed by atoms with van der Waals surface area (Å²) in [5.41, 5.74) is 0.497. The van der Waals surface area contributed by atoms with Gasteiger partial charge in [-0.25, -0.2) is 0 Å². The lowest BCUT2D eigenvalue weighted by atomic mass is 10.2. The lowest BCUT2D eigenvalue weighted by Crippen LogP contribution is -2.26. The summed E-state index contributed by atoms with van der Waals surface area (Å²) >= 11 is 0. The summed E-state index contributed by atoms with van der Waals surface area (Å²) in [6.45, 7) is 5.80. The topological polar surface area (TPSA) is 44.1 Å². The Bertz CT molecular complexity index is 538. The highest BCUT2D eigenvalue weighted by Gasteiger charge is 2.16. The van der Waals surface area contributed by atoms with Gasteiger partial charge in [0.25, 0.3) is 0 Å². The van der Waals surface area contributed by atoms with E-state index in [1.54, 1.807) is 12.4 Å². The van der Waals surface area contributed by atoms with Crippen LogP contribution in [0.5, 0.6) is 0 Å². The molecule has 0 aliphatic carbocycles. The number of ether oxygens (including phenoxy) is 1. The Balaban J connectivity index is 2.16. The van der Waals surface area contributed by atoms with E-state index >= 15 is 0 Å². The standard InChI is InChI=1S/C13H16N2O2/c1-13(2,3)17-12(16)9-15-7-5-10-4-6-14-8-11(10)15/h4-8H,9H2,1-3H3. The quantitative estimate of drug-likeness (QED) is 0.747. The van der Waals surface area contributed by atoms with E-state index in [1.807, 2.05) is 43.7 Å². The Morgan fingerprint density at radius 3 is 2.88 bits per heavy atom. The Kier molecular flexibility index (Phi) is 2.88. The maximum Gasteiger partial charge on any atom is 0.326 e. The van der Waals surface area contributed by atoms with Gasteiger partial charge in [-0.15, -0.1) is 0 Å². The van der Waals surface area contributed by atoms with Crippen LogP contribution in [-0.4, -0.2) is 21.1 Å². The van der Waals surface area contributed by atoms with Crippen molar-refractivity contribution in [2.45, 2.75) is 32.9 Å². The van der Waals surface area contributed by atoms with Crippen LogP contribution >= 0.6 is 0 Å². The molecule has 0 aliphatic heterocycles. The molecule has 4 heteroatoms. The molecule has 90 valence electrons. The molecule has 0 aromatic carbocycles. The number of hydrogen-bond donors (Lipinski definition) is 0. The minimum Gasteiger partial charge on any atom is -0.459 e. The van der Waals surface area contributed by atoms with Crippen LogP contribution in [0.3, 0.4) is 0 Å². The lowest BCUT2D eigenvalue weighted by molar-refractivity contribution is -0.155. The van der Waals surface area contributed by atoms with Gasteiger partial charge in [-0.2, -0.15) is 0 Å². The second-order valence-corrected chi connectivity index (χ2v) is 4.96. The van der Waals surface area contributed by atoms with Crippen molar-refractivity contribution in [1.82, 2.24) is 9.55 Å². The van der Waals surface area contributed by atoms with Gasteiger partial charge in [-0.3, -0.25) is 9.78 Å². The summed E-state index contributed by atoms with van der Waals surface area (Å²) in [5, 5.41) is 1.07. The fourth-order valence-electron chi connectivity index (χ4n) is 1.68. The van der Waals surface area contributed by atoms with Crippen molar-refractivity contribution in [2.75, 3.05) is 0 Å². The van der Waals surface area contributed by atoms with Gasteiger partial charge < -0.3 is 9.30 Å². The molecule has 0 bridgehead atoms. The number of nitrogens with zero attached hydrogens (tertiary/aromatic N) is 2. The van der Waals surface area contributed by atoms with Crippen LogP contribution in [0, 0.1) is 0 Å². The Labute approximate surface area is 100 Å². The summed E-state index contributed by atoms with van der Waals surface area (Å²) in [5.74, 6) is -0.237. The number of carbonyl (C=O) groups excluding carboxylic acids is 1. The third-order valence-electron chi connectivity index (χ3n) is 2.30. The molecular formula is C13H16N2O2. The van der Waals surface area contributed by atoms with E-state index in [4.69, 9.17) is 4.74 Å². The van der Waals surface area contributed by atoms with Crippen LogP contribution in [0.15, 0.2) is 30.7 Å². The van der Waals surface area contributed by atoms with Crippen molar-refractivity contribution >= 4 is 16.9 Å².